The summed E-state index contributed by atoms with van der Waals surface area (Å²) in [5.74, 6) is -0.145. The van der Waals surface area contributed by atoms with Crippen molar-refractivity contribution >= 4 is 52.3 Å². The lowest BCUT2D eigenvalue weighted by atomic mass is 9.99. The number of nitrogens with zero attached hydrogens (tertiary/aromatic N) is 3. The van der Waals surface area contributed by atoms with Crippen molar-refractivity contribution in [2.45, 2.75) is 6.42 Å². The van der Waals surface area contributed by atoms with E-state index < -0.39 is 0 Å². The molecule has 5 rings (SSSR count). The summed E-state index contributed by atoms with van der Waals surface area (Å²) in [5, 5.41) is 4.28. The first kappa shape index (κ1) is 22.4. The third-order valence-corrected chi connectivity index (χ3v) is 5.85. The Morgan fingerprint density at radius 2 is 1.67 bits per heavy atom. The van der Waals surface area contributed by atoms with Crippen LogP contribution in [0.25, 0.3) is 16.5 Å². The number of nitrogens with one attached hydrogen (secondary N) is 1. The molecule has 0 saturated carbocycles. The number of imide groups is 1. The molecule has 2 aliphatic rings. The molecular weight excluding hydrogens is 442 g/mol. The van der Waals surface area contributed by atoms with Crippen LogP contribution in [-0.2, 0) is 9.59 Å². The summed E-state index contributed by atoms with van der Waals surface area (Å²) in [4.78, 5) is 33.3. The highest BCUT2D eigenvalue weighted by atomic mass is 35.5. The molecule has 9 heteroatoms. The summed E-state index contributed by atoms with van der Waals surface area (Å²) in [5.41, 5.74) is 9.22. The zero-order valence-corrected chi connectivity index (χ0v) is 18.7. The fourth-order valence-electron chi connectivity index (χ4n) is 4.27. The van der Waals surface area contributed by atoms with E-state index in [1.165, 1.54) is 0 Å². The Balaban J connectivity index is 0.00000259. The van der Waals surface area contributed by atoms with Gasteiger partial charge in [0.25, 0.3) is 5.91 Å². The molecule has 2 fully saturated rings. The first-order valence-corrected chi connectivity index (χ1v) is 10.5. The van der Waals surface area contributed by atoms with Crippen LogP contribution >= 0.6 is 12.4 Å². The van der Waals surface area contributed by atoms with E-state index >= 15 is 0 Å². The number of aliphatic imine (C=N–C) groups is 1. The maximum absolute atomic E-state index is 12.6. The number of furan rings is 1. The lowest BCUT2D eigenvalue weighted by molar-refractivity contribution is -0.124. The van der Waals surface area contributed by atoms with E-state index in [1.54, 1.807) is 12.5 Å². The van der Waals surface area contributed by atoms with Crippen molar-refractivity contribution in [3.05, 3.63) is 72.2 Å². The van der Waals surface area contributed by atoms with E-state index in [2.05, 4.69) is 15.2 Å². The van der Waals surface area contributed by atoms with Gasteiger partial charge in [-0.3, -0.25) is 14.9 Å². The second-order valence-electron chi connectivity index (χ2n) is 7.84. The quantitative estimate of drug-likeness (QED) is 0.267. The van der Waals surface area contributed by atoms with Gasteiger partial charge in [-0.05, 0) is 12.1 Å². The minimum atomic E-state index is -0.335. The van der Waals surface area contributed by atoms with Crippen LogP contribution in [0.4, 0.5) is 5.69 Å². The number of amides is 2. The van der Waals surface area contributed by atoms with E-state index in [0.29, 0.717) is 37.7 Å². The van der Waals surface area contributed by atoms with Gasteiger partial charge in [-0.1, -0.05) is 36.4 Å². The molecule has 2 saturated heterocycles. The average molecular weight is 466 g/mol. The minimum Gasteiger partial charge on any atom is -0.471 e. The molecule has 3 heterocycles. The van der Waals surface area contributed by atoms with Crippen molar-refractivity contribution in [2.24, 2.45) is 10.7 Å². The lowest BCUT2D eigenvalue weighted by Gasteiger charge is -2.38. The summed E-state index contributed by atoms with van der Waals surface area (Å²) in [6.07, 6.45) is 3.43. The van der Waals surface area contributed by atoms with Crippen LogP contribution in [0.15, 0.2) is 76.0 Å². The Labute approximate surface area is 197 Å². The smallest absolute Gasteiger partial charge is 0.256 e. The summed E-state index contributed by atoms with van der Waals surface area (Å²) in [6.45, 7) is 2.57. The number of benzene rings is 2. The lowest BCUT2D eigenvalue weighted by Crippen LogP contribution is -2.50. The maximum Gasteiger partial charge on any atom is 0.256 e. The average Bonchev–Trinajstić information content (AvgIpc) is 3.41. The van der Waals surface area contributed by atoms with Gasteiger partial charge in [-0.2, -0.15) is 0 Å². The van der Waals surface area contributed by atoms with Crippen LogP contribution in [0.3, 0.4) is 0 Å². The first-order chi connectivity index (χ1) is 15.6. The van der Waals surface area contributed by atoms with Crippen LogP contribution in [0, 0.1) is 0 Å². The van der Waals surface area contributed by atoms with Crippen LogP contribution in [0.5, 0.6) is 0 Å². The minimum absolute atomic E-state index is 0. The normalized spacial score (nSPS) is 18.4. The molecular formula is C24H24ClN5O3. The molecule has 0 bridgehead atoms. The number of rotatable bonds is 3. The molecule has 8 nitrogen and oxygen atoms in total. The molecule has 33 heavy (non-hydrogen) atoms. The van der Waals surface area contributed by atoms with E-state index in [4.69, 9.17) is 10.2 Å². The second-order valence-corrected chi connectivity index (χ2v) is 7.84. The van der Waals surface area contributed by atoms with Crippen molar-refractivity contribution in [2.75, 3.05) is 26.2 Å². The number of carbonyl (C=O) groups is 2. The maximum atomic E-state index is 12.6. The van der Waals surface area contributed by atoms with Crippen molar-refractivity contribution in [1.29, 1.82) is 0 Å². The molecule has 0 spiro atoms. The molecule has 170 valence electrons. The van der Waals surface area contributed by atoms with Gasteiger partial charge in [0.15, 0.2) is 5.96 Å². The zero-order chi connectivity index (χ0) is 22.1. The summed E-state index contributed by atoms with van der Waals surface area (Å²) in [6, 6.07) is 15.5. The predicted molar refractivity (Wildman–Crippen MR) is 129 cm³/mol. The number of fused-ring (bicyclic) bond motifs is 1. The summed E-state index contributed by atoms with van der Waals surface area (Å²) >= 11 is 0. The topological polar surface area (TPSA) is 104 Å². The first-order valence-electron chi connectivity index (χ1n) is 10.5. The molecule has 3 N–H and O–H groups in total. The molecule has 2 amide bonds. The van der Waals surface area contributed by atoms with Gasteiger partial charge in [0.1, 0.15) is 0 Å². The van der Waals surface area contributed by atoms with Gasteiger partial charge in [-0.15, -0.1) is 12.4 Å². The molecule has 2 aromatic carbocycles. The Hall–Kier alpha value is -3.78. The SMILES string of the molecule is Cl.NC(=Nc1ccccc1)N1CCN(C(=C2CC(=O)NC2=O)c2cccc3cocc23)CC1. The van der Waals surface area contributed by atoms with Crippen molar-refractivity contribution < 1.29 is 14.0 Å². The van der Waals surface area contributed by atoms with Crippen molar-refractivity contribution in [3.8, 4) is 0 Å². The number of nitrogens with two attached hydrogens (primary N) is 1. The summed E-state index contributed by atoms with van der Waals surface area (Å²) < 4.78 is 5.41. The van der Waals surface area contributed by atoms with Gasteiger partial charge >= 0.3 is 0 Å². The third-order valence-electron chi connectivity index (χ3n) is 5.85. The number of piperazine rings is 1. The van der Waals surface area contributed by atoms with E-state index in [-0.39, 0.29) is 30.6 Å². The monoisotopic (exact) mass is 465 g/mol. The van der Waals surface area contributed by atoms with Crippen molar-refractivity contribution in [3.63, 3.8) is 0 Å². The number of halogens is 1. The third kappa shape index (κ3) is 4.42. The molecule has 3 aromatic rings. The fraction of sp³-hybridized carbons (Fsp3) is 0.208. The van der Waals surface area contributed by atoms with Gasteiger partial charge < -0.3 is 20.0 Å². The number of hydrogen-bond acceptors (Lipinski definition) is 5. The van der Waals surface area contributed by atoms with E-state index in [1.807, 2.05) is 53.4 Å². The molecule has 1 aromatic heterocycles. The van der Waals surface area contributed by atoms with Gasteiger partial charge in [-0.25, -0.2) is 4.99 Å². The van der Waals surface area contributed by atoms with E-state index in [0.717, 1.165) is 27.7 Å². The van der Waals surface area contributed by atoms with Crippen LogP contribution in [0.2, 0.25) is 0 Å². The number of guanidine groups is 1. The molecule has 0 atom stereocenters. The Kier molecular flexibility index (Phi) is 6.37. The Morgan fingerprint density at radius 1 is 0.939 bits per heavy atom. The van der Waals surface area contributed by atoms with Crippen LogP contribution < -0.4 is 11.1 Å². The van der Waals surface area contributed by atoms with Crippen LogP contribution in [0.1, 0.15) is 12.0 Å². The molecule has 2 aliphatic heterocycles. The molecule has 0 unspecified atom stereocenters. The Morgan fingerprint density at radius 3 is 2.36 bits per heavy atom. The van der Waals surface area contributed by atoms with Gasteiger partial charge in [0, 0.05) is 42.5 Å². The molecule has 0 aliphatic carbocycles. The standard InChI is InChI=1S/C24H23N5O3.ClH/c25-24(26-17-6-2-1-3-7-17)29-11-9-28(10-12-29)22(19-13-21(30)27-23(19)31)18-8-4-5-16-14-32-15-20(16)18;/h1-8,14-15H,9-13H2,(H2,25,26)(H,27,30,31);1H. The summed E-state index contributed by atoms with van der Waals surface area (Å²) in [7, 11) is 0. The van der Waals surface area contributed by atoms with Gasteiger partial charge in [0.2, 0.25) is 5.91 Å². The van der Waals surface area contributed by atoms with Crippen LogP contribution in [-0.4, -0.2) is 53.8 Å². The number of carbonyl (C=O) groups excluding carboxylic acids is 2. The highest BCUT2D eigenvalue weighted by Gasteiger charge is 2.32. The highest BCUT2D eigenvalue weighted by Crippen LogP contribution is 2.33. The largest absolute Gasteiger partial charge is 0.471 e. The Bertz CT molecular complexity index is 1240. The van der Waals surface area contributed by atoms with Crippen molar-refractivity contribution in [1.82, 2.24) is 15.1 Å². The molecule has 0 radical (unpaired) electrons. The predicted octanol–water partition coefficient (Wildman–Crippen LogP) is 2.88. The second kappa shape index (κ2) is 9.38. The number of hydrogen-bond donors (Lipinski definition) is 2. The van der Waals surface area contributed by atoms with E-state index in [9.17, 15) is 9.59 Å². The zero-order valence-electron chi connectivity index (χ0n) is 17.9. The van der Waals surface area contributed by atoms with Gasteiger partial charge in [0.05, 0.1) is 35.9 Å². The highest BCUT2D eigenvalue weighted by molar-refractivity contribution is 6.17. The number of para-hydroxylation sites is 1. The fourth-order valence-corrected chi connectivity index (χ4v) is 4.27.